The van der Waals surface area contributed by atoms with Crippen LogP contribution < -0.4 is 4.74 Å². The van der Waals surface area contributed by atoms with Gasteiger partial charge in [0.1, 0.15) is 17.5 Å². The highest BCUT2D eigenvalue weighted by atomic mass is 35.5. The molecular formula is C29H26ClNO3S. The summed E-state index contributed by atoms with van der Waals surface area (Å²) in [7, 11) is 0. The Labute approximate surface area is 214 Å². The monoisotopic (exact) mass is 503 g/mol. The Bertz CT molecular complexity index is 1400. The molecule has 0 aliphatic carbocycles. The van der Waals surface area contributed by atoms with Gasteiger partial charge in [0.2, 0.25) is 0 Å². The molecule has 0 amide bonds. The Kier molecular flexibility index (Phi) is 8.07. The Balaban J connectivity index is 1.49. The van der Waals surface area contributed by atoms with Gasteiger partial charge in [-0.1, -0.05) is 41.8 Å². The zero-order chi connectivity index (χ0) is 24.8. The first-order valence-corrected chi connectivity index (χ1v) is 12.7. The molecule has 1 atom stereocenters. The molecule has 178 valence electrons. The van der Waals surface area contributed by atoms with E-state index in [1.165, 1.54) is 4.70 Å². The number of nitrogens with zero attached hydrogens (tertiary/aromatic N) is 1. The highest BCUT2D eigenvalue weighted by molar-refractivity contribution is 7.17. The van der Waals surface area contributed by atoms with E-state index in [4.69, 9.17) is 21.1 Å². The van der Waals surface area contributed by atoms with Crippen molar-refractivity contribution in [1.82, 2.24) is 4.98 Å². The fourth-order valence-corrected chi connectivity index (χ4v) is 4.98. The predicted octanol–water partition coefficient (Wildman–Crippen LogP) is 7.56. The van der Waals surface area contributed by atoms with Crippen molar-refractivity contribution in [2.75, 3.05) is 6.61 Å². The number of esters is 1. The van der Waals surface area contributed by atoms with Crippen LogP contribution in [-0.2, 0) is 16.1 Å². The van der Waals surface area contributed by atoms with E-state index in [9.17, 15) is 4.79 Å². The van der Waals surface area contributed by atoms with Crippen LogP contribution >= 0.6 is 22.9 Å². The molecule has 4 rings (SSSR count). The van der Waals surface area contributed by atoms with Gasteiger partial charge >= 0.3 is 5.97 Å². The van der Waals surface area contributed by atoms with Crippen LogP contribution in [0.25, 0.3) is 21.3 Å². The van der Waals surface area contributed by atoms with E-state index >= 15 is 0 Å². The molecule has 4 nitrogen and oxygen atoms in total. The lowest BCUT2D eigenvalue weighted by atomic mass is 9.96. The van der Waals surface area contributed by atoms with Crippen molar-refractivity contribution in [3.05, 3.63) is 81.8 Å². The Hall–Kier alpha value is -3.33. The van der Waals surface area contributed by atoms with Crippen molar-refractivity contribution in [3.8, 4) is 28.8 Å². The Morgan fingerprint density at radius 3 is 2.69 bits per heavy atom. The van der Waals surface area contributed by atoms with Crippen LogP contribution in [0.4, 0.5) is 0 Å². The molecule has 0 aliphatic heterocycles. The van der Waals surface area contributed by atoms with E-state index in [1.807, 2.05) is 43.3 Å². The molecule has 0 aliphatic rings. The predicted molar refractivity (Wildman–Crippen MR) is 143 cm³/mol. The molecule has 0 spiro atoms. The Morgan fingerprint density at radius 2 is 1.94 bits per heavy atom. The van der Waals surface area contributed by atoms with E-state index in [0.29, 0.717) is 18.4 Å². The molecule has 0 saturated heterocycles. The molecule has 0 saturated carbocycles. The summed E-state index contributed by atoms with van der Waals surface area (Å²) in [4.78, 5) is 16.5. The number of hydrogen-bond acceptors (Lipinski definition) is 5. The number of pyridine rings is 1. The number of carbonyl (C=O) groups excluding carboxylic acids is 1. The van der Waals surface area contributed by atoms with Crippen molar-refractivity contribution < 1.29 is 14.3 Å². The van der Waals surface area contributed by atoms with E-state index in [-0.39, 0.29) is 18.3 Å². The van der Waals surface area contributed by atoms with Gasteiger partial charge in [-0.2, -0.15) is 0 Å². The van der Waals surface area contributed by atoms with Crippen LogP contribution in [-0.4, -0.2) is 17.6 Å². The number of halogens is 1. The first kappa shape index (κ1) is 24.8. The fourth-order valence-electron chi connectivity index (χ4n) is 3.90. The number of thiophene rings is 1. The summed E-state index contributed by atoms with van der Waals surface area (Å²) < 4.78 is 12.3. The molecule has 0 bridgehead atoms. The number of aromatic nitrogens is 1. The minimum absolute atomic E-state index is 0.198. The third-order valence-electron chi connectivity index (χ3n) is 5.64. The van der Waals surface area contributed by atoms with Crippen LogP contribution in [0.1, 0.15) is 42.9 Å². The number of ether oxygens (including phenoxy) is 2. The molecular weight excluding hydrogens is 478 g/mol. The van der Waals surface area contributed by atoms with Gasteiger partial charge in [0.15, 0.2) is 0 Å². The summed E-state index contributed by atoms with van der Waals surface area (Å²) in [5, 5.41) is 3.76. The van der Waals surface area contributed by atoms with Gasteiger partial charge in [0.25, 0.3) is 0 Å². The molecule has 4 aromatic rings. The molecule has 2 aromatic heterocycles. The minimum Gasteiger partial charge on any atom is -0.489 e. The molecule has 35 heavy (non-hydrogen) atoms. The van der Waals surface area contributed by atoms with Crippen LogP contribution in [0, 0.1) is 18.8 Å². The quantitative estimate of drug-likeness (QED) is 0.141. The van der Waals surface area contributed by atoms with Gasteiger partial charge in [-0.3, -0.25) is 4.79 Å². The zero-order valence-corrected chi connectivity index (χ0v) is 21.5. The smallest absolute Gasteiger partial charge is 0.307 e. The number of aryl methyl sites for hydroxylation is 1. The van der Waals surface area contributed by atoms with Crippen molar-refractivity contribution in [3.63, 3.8) is 0 Å². The van der Waals surface area contributed by atoms with Gasteiger partial charge in [-0.15, -0.1) is 17.3 Å². The molecule has 2 aromatic carbocycles. The lowest BCUT2D eigenvalue weighted by molar-refractivity contribution is -0.143. The van der Waals surface area contributed by atoms with Crippen molar-refractivity contribution in [2.45, 2.75) is 39.7 Å². The topological polar surface area (TPSA) is 48.4 Å². The summed E-state index contributed by atoms with van der Waals surface area (Å²) in [5.74, 6) is 6.33. The number of hydrogen-bond donors (Lipinski definition) is 0. The Morgan fingerprint density at radius 1 is 1.14 bits per heavy atom. The molecule has 0 N–H and O–H groups in total. The van der Waals surface area contributed by atoms with Crippen molar-refractivity contribution in [1.29, 1.82) is 0 Å². The second-order valence-corrected chi connectivity index (χ2v) is 9.39. The molecule has 1 unspecified atom stereocenters. The average molecular weight is 504 g/mol. The summed E-state index contributed by atoms with van der Waals surface area (Å²) in [6, 6.07) is 17.9. The summed E-state index contributed by atoms with van der Waals surface area (Å²) in [6.45, 7) is 6.42. The lowest BCUT2D eigenvalue weighted by Crippen LogP contribution is -2.09. The molecule has 0 radical (unpaired) electrons. The standard InChI is InChI=1S/C29H26ClNO3S/c1-4-6-22(16-28(32)33-5-2)21-9-11-23(12-10-21)34-17-20-8-13-26-24(15-20)25(18-35-26)29-19(3)7-14-27(30)31-29/h7-15,18,22H,5,16-17H2,1-3H3. The van der Waals surface area contributed by atoms with E-state index in [2.05, 4.69) is 40.4 Å². The molecule has 0 fully saturated rings. The van der Waals surface area contributed by atoms with E-state index in [0.717, 1.165) is 39.1 Å². The van der Waals surface area contributed by atoms with Gasteiger partial charge in [0, 0.05) is 21.0 Å². The SMILES string of the molecule is CC#CC(CC(=O)OCC)c1ccc(OCc2ccc3scc(-c4nc(Cl)ccc4C)c3c2)cc1. The fraction of sp³-hybridized carbons (Fsp3) is 0.241. The number of benzene rings is 2. The van der Waals surface area contributed by atoms with Crippen molar-refractivity contribution >= 4 is 39.0 Å². The van der Waals surface area contributed by atoms with Crippen LogP contribution in [0.15, 0.2) is 60.0 Å². The third kappa shape index (κ3) is 6.03. The largest absolute Gasteiger partial charge is 0.489 e. The highest BCUT2D eigenvalue weighted by Crippen LogP contribution is 2.36. The first-order valence-electron chi connectivity index (χ1n) is 11.4. The third-order valence-corrected chi connectivity index (χ3v) is 6.81. The second kappa shape index (κ2) is 11.4. The van der Waals surface area contributed by atoms with E-state index < -0.39 is 0 Å². The maximum Gasteiger partial charge on any atom is 0.307 e. The van der Waals surface area contributed by atoms with Crippen LogP contribution in [0.3, 0.4) is 0 Å². The summed E-state index contributed by atoms with van der Waals surface area (Å²) in [5.41, 5.74) is 5.11. The summed E-state index contributed by atoms with van der Waals surface area (Å²) >= 11 is 7.86. The molecule has 2 heterocycles. The highest BCUT2D eigenvalue weighted by Gasteiger charge is 2.15. The minimum atomic E-state index is -0.244. The zero-order valence-electron chi connectivity index (χ0n) is 19.9. The lowest BCUT2D eigenvalue weighted by Gasteiger charge is -2.12. The first-order chi connectivity index (χ1) is 17.0. The normalized spacial score (nSPS) is 11.5. The van der Waals surface area contributed by atoms with Crippen LogP contribution in [0.2, 0.25) is 5.15 Å². The summed E-state index contributed by atoms with van der Waals surface area (Å²) in [6.07, 6.45) is 0.235. The van der Waals surface area contributed by atoms with Gasteiger partial charge in [0.05, 0.1) is 24.6 Å². The van der Waals surface area contributed by atoms with Gasteiger partial charge < -0.3 is 9.47 Å². The second-order valence-electron chi connectivity index (χ2n) is 8.09. The number of fused-ring (bicyclic) bond motifs is 1. The van der Waals surface area contributed by atoms with E-state index in [1.54, 1.807) is 25.2 Å². The van der Waals surface area contributed by atoms with Gasteiger partial charge in [-0.05, 0) is 67.8 Å². The van der Waals surface area contributed by atoms with Crippen LogP contribution in [0.5, 0.6) is 5.75 Å². The van der Waals surface area contributed by atoms with Gasteiger partial charge in [-0.25, -0.2) is 4.98 Å². The molecule has 6 heteroatoms. The maximum absolute atomic E-state index is 11.9. The number of carbonyl (C=O) groups is 1. The average Bonchev–Trinajstić information content (AvgIpc) is 3.27. The maximum atomic E-state index is 11.9. The van der Waals surface area contributed by atoms with Crippen molar-refractivity contribution in [2.24, 2.45) is 0 Å². The number of rotatable bonds is 8.